The first-order valence-electron chi connectivity index (χ1n) is 10.3. The molecule has 0 saturated carbocycles. The molecule has 0 bridgehead atoms. The third kappa shape index (κ3) is 5.37. The van der Waals surface area contributed by atoms with Gasteiger partial charge in [0.25, 0.3) is 10.4 Å². The second-order valence-corrected chi connectivity index (χ2v) is 9.54. The van der Waals surface area contributed by atoms with Crippen LogP contribution in [0.5, 0.6) is 5.75 Å². The topological polar surface area (TPSA) is 117 Å². The van der Waals surface area contributed by atoms with Gasteiger partial charge in [-0.2, -0.15) is 5.10 Å². The fraction of sp³-hybridized carbons (Fsp3) is 0.182. The smallest absolute Gasteiger partial charge is 0.323 e. The normalized spacial score (nSPS) is 11.3. The number of aromatic amines is 1. The molecule has 0 aliphatic carbocycles. The van der Waals surface area contributed by atoms with Crippen molar-refractivity contribution in [2.24, 2.45) is 0 Å². The monoisotopic (exact) mass is 579 g/mol. The number of nitrogens with one attached hydrogen (secondary N) is 3. The van der Waals surface area contributed by atoms with Crippen molar-refractivity contribution in [2.45, 2.75) is 18.0 Å². The molecule has 0 unspecified atom stereocenters. The van der Waals surface area contributed by atoms with Crippen molar-refractivity contribution in [3.8, 4) is 5.75 Å². The first kappa shape index (κ1) is 24.8. The zero-order valence-electron chi connectivity index (χ0n) is 18.6. The van der Waals surface area contributed by atoms with Gasteiger partial charge in [0.05, 0.1) is 17.6 Å². The Balaban J connectivity index is 1.49. The third-order valence-corrected chi connectivity index (χ3v) is 6.51. The van der Waals surface area contributed by atoms with Crippen LogP contribution in [0.1, 0.15) is 11.3 Å². The number of carbonyl (C=O) groups excluding carboxylic acids is 2. The summed E-state index contributed by atoms with van der Waals surface area (Å²) in [5.41, 5.74) is 2.69. The van der Waals surface area contributed by atoms with Crippen molar-refractivity contribution in [1.82, 2.24) is 24.9 Å². The van der Waals surface area contributed by atoms with E-state index in [-0.39, 0.29) is 6.61 Å². The molecule has 3 aromatic heterocycles. The van der Waals surface area contributed by atoms with Crippen molar-refractivity contribution < 1.29 is 14.3 Å². The number of carbonyl (C=O) groups is 2. The van der Waals surface area contributed by atoms with Crippen molar-refractivity contribution >= 4 is 68.2 Å². The number of urea groups is 1. The number of hydrogen-bond acceptors (Lipinski definition) is 5. The highest BCUT2D eigenvalue weighted by atomic mass is 79.9. The van der Waals surface area contributed by atoms with E-state index in [4.69, 9.17) is 27.9 Å². The fourth-order valence-electron chi connectivity index (χ4n) is 3.35. The average Bonchev–Trinajstić information content (AvgIpc) is 3.44. The lowest BCUT2D eigenvalue weighted by Gasteiger charge is -2.27. The predicted molar refractivity (Wildman–Crippen MR) is 137 cm³/mol. The van der Waals surface area contributed by atoms with Gasteiger partial charge in [-0.25, -0.2) is 9.78 Å². The molecule has 182 valence electrons. The molecule has 0 atom stereocenters. The summed E-state index contributed by atoms with van der Waals surface area (Å²) in [4.78, 5) is 31.1. The van der Waals surface area contributed by atoms with Gasteiger partial charge < -0.3 is 9.64 Å². The highest BCUT2D eigenvalue weighted by molar-refractivity contribution is 9.10. The van der Waals surface area contributed by atoms with Gasteiger partial charge in [0.2, 0.25) is 0 Å². The molecule has 0 saturated heterocycles. The molecular formula is C22H20BrCl2N7O3. The number of alkyl halides is 2. The molecule has 3 N–H and O–H groups in total. The van der Waals surface area contributed by atoms with Crippen LogP contribution in [0.2, 0.25) is 0 Å². The van der Waals surface area contributed by atoms with E-state index in [1.165, 1.54) is 24.2 Å². The quantitative estimate of drug-likeness (QED) is 0.218. The molecule has 0 aliphatic rings. The molecule has 1 aromatic carbocycles. The summed E-state index contributed by atoms with van der Waals surface area (Å²) in [5.74, 6) is 0.124. The van der Waals surface area contributed by atoms with Gasteiger partial charge in [-0.1, -0.05) is 41.4 Å². The van der Waals surface area contributed by atoms with Gasteiger partial charge in [-0.3, -0.25) is 24.9 Å². The number of likely N-dealkylation sites (N-methyl/N-ethyl adjacent to an activating group) is 1. The number of aryl methyl sites for hydroxylation is 1. The minimum absolute atomic E-state index is 0.141. The standard InChI is InChI=1S/C22H20BrCl2N7O3/c1-13-18(23)32-11-5-8-16(19(32)27-13)35-12-14-6-3-4-7-15(14)31(2)20(33)22(24,25)29-21(34)28-17-9-10-26-30-17/h3-11H,12H2,1-2H3,(H3,26,28,29,30,34). The predicted octanol–water partition coefficient (Wildman–Crippen LogP) is 4.62. The van der Waals surface area contributed by atoms with Crippen molar-refractivity contribution in [3.05, 3.63) is 70.7 Å². The van der Waals surface area contributed by atoms with Crippen LogP contribution in [0.15, 0.2) is 59.5 Å². The number of benzene rings is 1. The summed E-state index contributed by atoms with van der Waals surface area (Å²) in [6.07, 6.45) is 3.33. The van der Waals surface area contributed by atoms with Gasteiger partial charge in [-0.15, -0.1) is 0 Å². The molecule has 0 spiro atoms. The Hall–Kier alpha value is -3.28. The molecule has 0 aliphatic heterocycles. The van der Waals surface area contributed by atoms with E-state index in [0.29, 0.717) is 28.5 Å². The van der Waals surface area contributed by atoms with Crippen molar-refractivity contribution in [1.29, 1.82) is 0 Å². The van der Waals surface area contributed by atoms with Gasteiger partial charge in [0.15, 0.2) is 11.4 Å². The molecule has 4 rings (SSSR count). The van der Waals surface area contributed by atoms with E-state index in [2.05, 4.69) is 41.7 Å². The van der Waals surface area contributed by atoms with Crippen molar-refractivity contribution in [2.75, 3.05) is 17.3 Å². The second-order valence-electron chi connectivity index (χ2n) is 7.46. The average molecular weight is 581 g/mol. The SMILES string of the molecule is Cc1nc2c(OCc3ccccc3N(C)C(=O)C(Cl)(Cl)NC(=O)Nc3ccn[nH]3)cccn2c1Br. The number of nitrogens with zero attached hydrogens (tertiary/aromatic N) is 4. The summed E-state index contributed by atoms with van der Waals surface area (Å²) in [6.45, 7) is 2.03. The molecule has 0 fully saturated rings. The number of H-pyrrole nitrogens is 1. The third-order valence-electron chi connectivity index (χ3n) is 5.04. The van der Waals surface area contributed by atoms with Crippen LogP contribution in [-0.2, 0) is 11.4 Å². The Kier molecular flexibility index (Phi) is 7.20. The molecule has 0 radical (unpaired) electrons. The minimum Gasteiger partial charge on any atom is -0.485 e. The minimum atomic E-state index is -2.24. The molecule has 10 nitrogen and oxygen atoms in total. The number of aromatic nitrogens is 4. The second kappa shape index (κ2) is 10.1. The van der Waals surface area contributed by atoms with E-state index in [1.54, 1.807) is 12.1 Å². The van der Waals surface area contributed by atoms with Crippen LogP contribution < -0.4 is 20.3 Å². The first-order chi connectivity index (χ1) is 16.7. The Morgan fingerprint density at radius 3 is 2.74 bits per heavy atom. The highest BCUT2D eigenvalue weighted by Gasteiger charge is 2.39. The first-order valence-corrected chi connectivity index (χ1v) is 11.8. The summed E-state index contributed by atoms with van der Waals surface area (Å²) >= 11 is 15.9. The molecule has 4 aromatic rings. The van der Waals surface area contributed by atoms with Crippen LogP contribution in [0, 0.1) is 6.92 Å². The van der Waals surface area contributed by atoms with Gasteiger partial charge >= 0.3 is 6.03 Å². The number of anilines is 2. The molecular weight excluding hydrogens is 561 g/mol. The van der Waals surface area contributed by atoms with Crippen molar-refractivity contribution in [3.63, 3.8) is 0 Å². The number of amides is 3. The van der Waals surface area contributed by atoms with Crippen LogP contribution in [-0.4, -0.2) is 43.0 Å². The van der Waals surface area contributed by atoms with Gasteiger partial charge in [0, 0.05) is 24.9 Å². The molecule has 35 heavy (non-hydrogen) atoms. The van der Waals surface area contributed by atoms with Crippen LogP contribution >= 0.6 is 39.1 Å². The Morgan fingerprint density at radius 1 is 1.23 bits per heavy atom. The lowest BCUT2D eigenvalue weighted by molar-refractivity contribution is -0.119. The number of halogens is 3. The zero-order valence-corrected chi connectivity index (χ0v) is 21.6. The Labute approximate surface area is 218 Å². The number of pyridine rings is 1. The number of para-hydroxylation sites is 1. The van der Waals surface area contributed by atoms with E-state index in [0.717, 1.165) is 10.3 Å². The van der Waals surface area contributed by atoms with E-state index in [9.17, 15) is 9.59 Å². The molecule has 3 amide bonds. The van der Waals surface area contributed by atoms with Crippen LogP contribution in [0.25, 0.3) is 5.65 Å². The lowest BCUT2D eigenvalue weighted by atomic mass is 10.1. The number of hydrogen-bond donors (Lipinski definition) is 3. The maximum Gasteiger partial charge on any atom is 0.323 e. The summed E-state index contributed by atoms with van der Waals surface area (Å²) in [7, 11) is 1.50. The van der Waals surface area contributed by atoms with Crippen LogP contribution in [0.4, 0.5) is 16.3 Å². The largest absolute Gasteiger partial charge is 0.485 e. The Morgan fingerprint density at radius 2 is 2.00 bits per heavy atom. The van der Waals surface area contributed by atoms with E-state index in [1.807, 2.05) is 41.8 Å². The fourth-order valence-corrected chi connectivity index (χ4v) is 4.15. The van der Waals surface area contributed by atoms with Gasteiger partial charge in [0.1, 0.15) is 17.0 Å². The lowest BCUT2D eigenvalue weighted by Crippen LogP contribution is -2.53. The van der Waals surface area contributed by atoms with E-state index < -0.39 is 16.4 Å². The number of imidazole rings is 1. The molecule has 13 heteroatoms. The zero-order chi connectivity index (χ0) is 25.2. The maximum atomic E-state index is 13.1. The maximum absolute atomic E-state index is 13.1. The van der Waals surface area contributed by atoms with Crippen LogP contribution in [0.3, 0.4) is 0 Å². The van der Waals surface area contributed by atoms with Gasteiger partial charge in [-0.05, 0) is 41.1 Å². The number of rotatable bonds is 7. The van der Waals surface area contributed by atoms with E-state index >= 15 is 0 Å². The summed E-state index contributed by atoms with van der Waals surface area (Å²) in [5, 5.41) is 11.0. The molecule has 3 heterocycles. The number of fused-ring (bicyclic) bond motifs is 1. The number of ether oxygens (including phenoxy) is 1. The summed E-state index contributed by atoms with van der Waals surface area (Å²) in [6, 6.07) is 11.5. The summed E-state index contributed by atoms with van der Waals surface area (Å²) < 4.78 is 6.54. The highest BCUT2D eigenvalue weighted by Crippen LogP contribution is 2.29. The Bertz CT molecular complexity index is 1370.